The van der Waals surface area contributed by atoms with Gasteiger partial charge in [-0.15, -0.1) is 0 Å². The molecule has 1 atom stereocenters. The number of likely N-dealkylation sites (tertiary alicyclic amines) is 1. The van der Waals surface area contributed by atoms with E-state index in [0.717, 1.165) is 37.4 Å². The number of ether oxygens (including phenoxy) is 3. The van der Waals surface area contributed by atoms with Crippen LogP contribution in [0.15, 0.2) is 24.3 Å². The van der Waals surface area contributed by atoms with Crippen LogP contribution in [0.2, 0.25) is 0 Å². The van der Waals surface area contributed by atoms with Crippen molar-refractivity contribution >= 4 is 5.97 Å². The third-order valence-electron chi connectivity index (χ3n) is 3.62. The lowest BCUT2D eigenvalue weighted by Crippen LogP contribution is -2.39. The first-order valence-corrected chi connectivity index (χ1v) is 7.42. The van der Waals surface area contributed by atoms with Crippen LogP contribution in [0.4, 0.5) is 0 Å². The van der Waals surface area contributed by atoms with E-state index in [1.165, 1.54) is 7.11 Å². The molecule has 1 unspecified atom stereocenters. The molecule has 0 amide bonds. The van der Waals surface area contributed by atoms with Crippen LogP contribution < -0.4 is 9.47 Å². The van der Waals surface area contributed by atoms with Gasteiger partial charge in [0.25, 0.3) is 0 Å². The molecule has 1 aliphatic heterocycles. The standard InChI is InChI=1S/C16H23NO4/c1-3-20-13-6-8-14(9-7-13)21-12-11-17-10-4-5-15(17)16(18)19-2/h6-9,15H,3-5,10-12H2,1-2H3. The van der Waals surface area contributed by atoms with Gasteiger partial charge in [0.1, 0.15) is 24.1 Å². The van der Waals surface area contributed by atoms with Crippen molar-refractivity contribution < 1.29 is 19.0 Å². The molecule has 2 rings (SSSR count). The predicted molar refractivity (Wildman–Crippen MR) is 79.7 cm³/mol. The van der Waals surface area contributed by atoms with E-state index < -0.39 is 0 Å². The Morgan fingerprint density at radius 1 is 1.24 bits per heavy atom. The van der Waals surface area contributed by atoms with Crippen molar-refractivity contribution in [3.05, 3.63) is 24.3 Å². The fourth-order valence-corrected chi connectivity index (χ4v) is 2.58. The monoisotopic (exact) mass is 293 g/mol. The first kappa shape index (κ1) is 15.6. The first-order valence-electron chi connectivity index (χ1n) is 7.42. The van der Waals surface area contributed by atoms with Crippen LogP contribution >= 0.6 is 0 Å². The van der Waals surface area contributed by atoms with E-state index >= 15 is 0 Å². The maximum atomic E-state index is 11.6. The van der Waals surface area contributed by atoms with Crippen molar-refractivity contribution in [2.24, 2.45) is 0 Å². The van der Waals surface area contributed by atoms with Gasteiger partial charge >= 0.3 is 5.97 Å². The molecule has 1 saturated heterocycles. The summed E-state index contributed by atoms with van der Waals surface area (Å²) in [4.78, 5) is 13.8. The van der Waals surface area contributed by atoms with Gasteiger partial charge in [-0.25, -0.2) is 0 Å². The molecule has 0 N–H and O–H groups in total. The molecule has 0 radical (unpaired) electrons. The van der Waals surface area contributed by atoms with Gasteiger partial charge < -0.3 is 14.2 Å². The Morgan fingerprint density at radius 2 is 1.90 bits per heavy atom. The molecule has 1 aliphatic rings. The van der Waals surface area contributed by atoms with Crippen LogP contribution in [0, 0.1) is 0 Å². The molecule has 0 aliphatic carbocycles. The molecule has 1 heterocycles. The number of rotatable bonds is 7. The summed E-state index contributed by atoms with van der Waals surface area (Å²) < 4.78 is 15.9. The minimum Gasteiger partial charge on any atom is -0.494 e. The normalized spacial score (nSPS) is 18.5. The second-order valence-corrected chi connectivity index (χ2v) is 4.97. The van der Waals surface area contributed by atoms with E-state index in [1.807, 2.05) is 31.2 Å². The molecule has 5 heteroatoms. The largest absolute Gasteiger partial charge is 0.494 e. The summed E-state index contributed by atoms with van der Waals surface area (Å²) in [6.45, 7) is 4.82. The number of hydrogen-bond acceptors (Lipinski definition) is 5. The molecule has 5 nitrogen and oxygen atoms in total. The van der Waals surface area contributed by atoms with Gasteiger partial charge in [-0.2, -0.15) is 0 Å². The Morgan fingerprint density at radius 3 is 2.52 bits per heavy atom. The first-order chi connectivity index (χ1) is 10.2. The Kier molecular flexibility index (Phi) is 5.87. The van der Waals surface area contributed by atoms with E-state index in [-0.39, 0.29) is 12.0 Å². The third-order valence-corrected chi connectivity index (χ3v) is 3.62. The molecule has 1 aromatic carbocycles. The number of benzene rings is 1. The predicted octanol–water partition coefficient (Wildman–Crippen LogP) is 2.10. The van der Waals surface area contributed by atoms with E-state index in [9.17, 15) is 4.79 Å². The highest BCUT2D eigenvalue weighted by atomic mass is 16.5. The molecule has 21 heavy (non-hydrogen) atoms. The molecular weight excluding hydrogens is 270 g/mol. The summed E-state index contributed by atoms with van der Waals surface area (Å²) in [5.41, 5.74) is 0. The van der Waals surface area contributed by atoms with Crippen molar-refractivity contribution in [1.29, 1.82) is 0 Å². The molecule has 1 fully saturated rings. The van der Waals surface area contributed by atoms with Crippen LogP contribution in [0.3, 0.4) is 0 Å². The smallest absolute Gasteiger partial charge is 0.323 e. The lowest BCUT2D eigenvalue weighted by atomic mass is 10.2. The summed E-state index contributed by atoms with van der Waals surface area (Å²) in [6, 6.07) is 7.47. The van der Waals surface area contributed by atoms with Gasteiger partial charge in [-0.05, 0) is 50.6 Å². The number of hydrogen-bond donors (Lipinski definition) is 0. The van der Waals surface area contributed by atoms with Gasteiger partial charge in [0, 0.05) is 6.54 Å². The Bertz CT molecular complexity index is 446. The van der Waals surface area contributed by atoms with Crippen molar-refractivity contribution in [2.45, 2.75) is 25.8 Å². The van der Waals surface area contributed by atoms with Gasteiger partial charge in [-0.3, -0.25) is 9.69 Å². The summed E-state index contributed by atoms with van der Waals surface area (Å²) in [5, 5.41) is 0. The maximum absolute atomic E-state index is 11.6. The van der Waals surface area contributed by atoms with E-state index in [1.54, 1.807) is 0 Å². The molecular formula is C16H23NO4. The van der Waals surface area contributed by atoms with Crippen LogP contribution in [-0.4, -0.2) is 50.3 Å². The fourth-order valence-electron chi connectivity index (χ4n) is 2.58. The Labute approximate surface area is 125 Å². The van der Waals surface area contributed by atoms with Crippen LogP contribution in [0.1, 0.15) is 19.8 Å². The highest BCUT2D eigenvalue weighted by Gasteiger charge is 2.30. The van der Waals surface area contributed by atoms with Crippen molar-refractivity contribution in [3.8, 4) is 11.5 Å². The van der Waals surface area contributed by atoms with Crippen molar-refractivity contribution in [1.82, 2.24) is 4.90 Å². The molecule has 0 saturated carbocycles. The number of nitrogens with zero attached hydrogens (tertiary/aromatic N) is 1. The summed E-state index contributed by atoms with van der Waals surface area (Å²) in [7, 11) is 1.44. The zero-order valence-corrected chi connectivity index (χ0v) is 12.7. The number of carbonyl (C=O) groups excluding carboxylic acids is 1. The van der Waals surface area contributed by atoms with Gasteiger partial charge in [-0.1, -0.05) is 0 Å². The minimum atomic E-state index is -0.145. The van der Waals surface area contributed by atoms with Crippen LogP contribution in [0.5, 0.6) is 11.5 Å². The summed E-state index contributed by atoms with van der Waals surface area (Å²) in [6.07, 6.45) is 1.90. The lowest BCUT2D eigenvalue weighted by Gasteiger charge is -2.22. The van der Waals surface area contributed by atoms with Gasteiger partial charge in [0.2, 0.25) is 0 Å². The highest BCUT2D eigenvalue weighted by Crippen LogP contribution is 2.19. The average molecular weight is 293 g/mol. The molecule has 116 valence electrons. The topological polar surface area (TPSA) is 48.0 Å². The van der Waals surface area contributed by atoms with Gasteiger partial charge in [0.15, 0.2) is 0 Å². The molecule has 1 aromatic rings. The van der Waals surface area contributed by atoms with E-state index in [4.69, 9.17) is 14.2 Å². The number of methoxy groups -OCH3 is 1. The third kappa shape index (κ3) is 4.36. The number of carbonyl (C=O) groups is 1. The quantitative estimate of drug-likeness (QED) is 0.721. The summed E-state index contributed by atoms with van der Waals surface area (Å²) >= 11 is 0. The highest BCUT2D eigenvalue weighted by molar-refractivity contribution is 5.75. The SMILES string of the molecule is CCOc1ccc(OCCN2CCCC2C(=O)OC)cc1. The second-order valence-electron chi connectivity index (χ2n) is 4.97. The molecule has 0 aromatic heterocycles. The minimum absolute atomic E-state index is 0.112. The van der Waals surface area contributed by atoms with Crippen LogP contribution in [0.25, 0.3) is 0 Å². The van der Waals surface area contributed by atoms with Gasteiger partial charge in [0.05, 0.1) is 13.7 Å². The van der Waals surface area contributed by atoms with Crippen molar-refractivity contribution in [2.75, 3.05) is 33.4 Å². The lowest BCUT2D eigenvalue weighted by molar-refractivity contribution is -0.145. The fraction of sp³-hybridized carbons (Fsp3) is 0.562. The summed E-state index contributed by atoms with van der Waals surface area (Å²) in [5.74, 6) is 1.51. The van der Waals surface area contributed by atoms with Crippen molar-refractivity contribution in [3.63, 3.8) is 0 Å². The second kappa shape index (κ2) is 7.88. The molecule has 0 spiro atoms. The zero-order valence-electron chi connectivity index (χ0n) is 12.7. The molecule has 0 bridgehead atoms. The van der Waals surface area contributed by atoms with E-state index in [2.05, 4.69) is 4.90 Å². The average Bonchev–Trinajstić information content (AvgIpc) is 2.97. The van der Waals surface area contributed by atoms with Crippen LogP contribution in [-0.2, 0) is 9.53 Å². The zero-order chi connectivity index (χ0) is 15.1. The Hall–Kier alpha value is -1.75. The Balaban J connectivity index is 1.77. The van der Waals surface area contributed by atoms with E-state index in [0.29, 0.717) is 13.2 Å². The maximum Gasteiger partial charge on any atom is 0.323 e. The number of esters is 1.